The Morgan fingerprint density at radius 1 is 0.963 bits per heavy atom. The Labute approximate surface area is 163 Å². The number of aromatic nitrogens is 2. The topological polar surface area (TPSA) is 12.1 Å². The van der Waals surface area contributed by atoms with Crippen LogP contribution in [0.25, 0.3) is 11.4 Å². The maximum absolute atomic E-state index is 2.61. The molecule has 0 saturated carbocycles. The maximum atomic E-state index is 2.61. The number of hydrogen-bond donors (Lipinski definition) is 0. The van der Waals surface area contributed by atoms with Crippen molar-refractivity contribution in [2.24, 2.45) is 13.0 Å². The molecule has 1 aliphatic rings. The highest BCUT2D eigenvalue weighted by atomic mass is 15.2. The lowest BCUT2D eigenvalue weighted by Gasteiger charge is -2.36. The number of rotatable bonds is 3. The van der Waals surface area contributed by atoms with Gasteiger partial charge in [-0.1, -0.05) is 44.2 Å². The predicted octanol–water partition coefficient (Wildman–Crippen LogP) is 3.62. The van der Waals surface area contributed by atoms with Crippen molar-refractivity contribution in [3.8, 4) is 11.4 Å². The van der Waals surface area contributed by atoms with E-state index in [-0.39, 0.29) is 6.98 Å². The SMILES string of the molecule is Cc1cccc(C)c1B1N(CC(C)C)c2cccc(C)c2-c2n(C)cc[n+]21. The summed E-state index contributed by atoms with van der Waals surface area (Å²) in [5, 5.41) is 0. The molecule has 0 aliphatic carbocycles. The Bertz CT molecular complexity index is 983. The van der Waals surface area contributed by atoms with E-state index in [2.05, 4.69) is 104 Å². The zero-order chi connectivity index (χ0) is 19.3. The molecule has 0 amide bonds. The lowest BCUT2D eigenvalue weighted by Crippen LogP contribution is -2.72. The summed E-state index contributed by atoms with van der Waals surface area (Å²) in [7, 11) is 2.15. The second-order valence-corrected chi connectivity index (χ2v) is 8.33. The minimum atomic E-state index is 0.180. The summed E-state index contributed by atoms with van der Waals surface area (Å²) in [5.41, 5.74) is 8.16. The number of fused-ring (bicyclic) bond motifs is 3. The van der Waals surface area contributed by atoms with Gasteiger partial charge in [-0.05, 0) is 49.4 Å². The number of hydrogen-bond acceptors (Lipinski definition) is 1. The average molecular weight is 358 g/mol. The van der Waals surface area contributed by atoms with Crippen molar-refractivity contribution in [3.63, 3.8) is 0 Å². The molecule has 0 fully saturated rings. The molecular formula is C23H29BN3+. The van der Waals surface area contributed by atoms with Gasteiger partial charge in [0.25, 0.3) is 5.82 Å². The highest BCUT2D eigenvalue weighted by Crippen LogP contribution is 2.36. The largest absolute Gasteiger partial charge is 0.537 e. The monoisotopic (exact) mass is 358 g/mol. The Balaban J connectivity index is 2.05. The van der Waals surface area contributed by atoms with E-state index in [9.17, 15) is 0 Å². The summed E-state index contributed by atoms with van der Waals surface area (Å²) in [6.45, 7) is 12.5. The molecule has 2 aromatic carbocycles. The van der Waals surface area contributed by atoms with Gasteiger partial charge < -0.3 is 4.81 Å². The summed E-state index contributed by atoms with van der Waals surface area (Å²) in [6, 6.07) is 13.4. The van der Waals surface area contributed by atoms with Gasteiger partial charge in [-0.3, -0.25) is 4.48 Å². The van der Waals surface area contributed by atoms with Crippen LogP contribution >= 0.6 is 0 Å². The van der Waals surface area contributed by atoms with Crippen molar-refractivity contribution in [1.29, 1.82) is 0 Å². The van der Waals surface area contributed by atoms with Crippen LogP contribution in [0, 0.1) is 26.7 Å². The van der Waals surface area contributed by atoms with E-state index in [1.165, 1.54) is 39.2 Å². The van der Waals surface area contributed by atoms with E-state index in [0.717, 1.165) is 6.54 Å². The van der Waals surface area contributed by atoms with Crippen LogP contribution in [0.3, 0.4) is 0 Å². The standard InChI is InChI=1S/C23H29BN3/c1-16(2)15-27-20-12-8-9-17(3)21(20)23-25(6)13-14-26(23)24(27)22-18(4)10-7-11-19(22)5/h7-14,16H,15H2,1-6H3/q+1. The van der Waals surface area contributed by atoms with Crippen LogP contribution in [0.2, 0.25) is 0 Å². The number of aryl methyl sites for hydroxylation is 4. The van der Waals surface area contributed by atoms with Crippen molar-refractivity contribution < 1.29 is 4.48 Å². The Hall–Kier alpha value is -2.49. The zero-order valence-corrected chi connectivity index (χ0v) is 17.3. The third-order valence-electron chi connectivity index (χ3n) is 5.73. The molecule has 0 atom stereocenters. The first-order chi connectivity index (χ1) is 12.9. The van der Waals surface area contributed by atoms with Gasteiger partial charge in [0.1, 0.15) is 12.4 Å². The van der Waals surface area contributed by atoms with Crippen molar-refractivity contribution in [2.75, 3.05) is 11.4 Å². The number of anilines is 1. The molecule has 0 bridgehead atoms. The fraction of sp³-hybridized carbons (Fsp3) is 0.348. The molecule has 0 spiro atoms. The van der Waals surface area contributed by atoms with Gasteiger partial charge in [0, 0.05) is 17.7 Å². The van der Waals surface area contributed by atoms with Gasteiger partial charge in [-0.15, -0.1) is 0 Å². The fourth-order valence-electron chi connectivity index (χ4n) is 4.58. The molecule has 2 heterocycles. The van der Waals surface area contributed by atoms with Crippen LogP contribution in [0.1, 0.15) is 30.5 Å². The molecule has 0 unspecified atom stereocenters. The van der Waals surface area contributed by atoms with Gasteiger partial charge in [0.2, 0.25) is 0 Å². The molecule has 4 rings (SSSR count). The first kappa shape index (κ1) is 17.9. The van der Waals surface area contributed by atoms with E-state index in [1.807, 2.05) is 0 Å². The second-order valence-electron chi connectivity index (χ2n) is 8.33. The third-order valence-corrected chi connectivity index (χ3v) is 5.73. The normalized spacial score (nSPS) is 13.1. The molecule has 3 nitrogen and oxygen atoms in total. The van der Waals surface area contributed by atoms with Crippen LogP contribution in [0.15, 0.2) is 48.8 Å². The van der Waals surface area contributed by atoms with Crippen LogP contribution in [0.4, 0.5) is 5.69 Å². The van der Waals surface area contributed by atoms with Gasteiger partial charge in [-0.25, -0.2) is 4.57 Å². The minimum absolute atomic E-state index is 0.180. The maximum Gasteiger partial charge on any atom is 0.537 e. The predicted molar refractivity (Wildman–Crippen MR) is 115 cm³/mol. The van der Waals surface area contributed by atoms with E-state index >= 15 is 0 Å². The lowest BCUT2D eigenvalue weighted by molar-refractivity contribution is -0.524. The first-order valence-electron chi connectivity index (χ1n) is 9.89. The molecule has 3 aromatic rings. The third kappa shape index (κ3) is 2.79. The first-order valence-corrected chi connectivity index (χ1v) is 9.89. The smallest absolute Gasteiger partial charge is 0.369 e. The summed E-state index contributed by atoms with van der Waals surface area (Å²) in [6.07, 6.45) is 4.43. The van der Waals surface area contributed by atoms with Crippen molar-refractivity contribution in [3.05, 3.63) is 65.5 Å². The van der Waals surface area contributed by atoms with Gasteiger partial charge in [0.15, 0.2) is 0 Å². The van der Waals surface area contributed by atoms with Crippen LogP contribution < -0.4 is 14.8 Å². The zero-order valence-electron chi connectivity index (χ0n) is 17.3. The summed E-state index contributed by atoms with van der Waals surface area (Å²) in [4.78, 5) is 2.61. The number of nitrogens with zero attached hydrogens (tertiary/aromatic N) is 3. The summed E-state index contributed by atoms with van der Waals surface area (Å²) < 4.78 is 4.73. The van der Waals surface area contributed by atoms with Gasteiger partial charge >= 0.3 is 6.98 Å². The molecule has 1 aromatic heterocycles. The minimum Gasteiger partial charge on any atom is -0.369 e. The van der Waals surface area contributed by atoms with Crippen molar-refractivity contribution in [2.45, 2.75) is 34.6 Å². The Morgan fingerprint density at radius 3 is 2.26 bits per heavy atom. The molecule has 138 valence electrons. The van der Waals surface area contributed by atoms with Crippen molar-refractivity contribution in [1.82, 2.24) is 4.57 Å². The Morgan fingerprint density at radius 2 is 1.59 bits per heavy atom. The van der Waals surface area contributed by atoms with Crippen molar-refractivity contribution >= 4 is 18.1 Å². The molecule has 0 radical (unpaired) electrons. The number of benzene rings is 2. The van der Waals surface area contributed by atoms with E-state index < -0.39 is 0 Å². The molecule has 4 heteroatoms. The van der Waals surface area contributed by atoms with Gasteiger partial charge in [-0.2, -0.15) is 0 Å². The highest BCUT2D eigenvalue weighted by Gasteiger charge is 2.46. The lowest BCUT2D eigenvalue weighted by atomic mass is 9.59. The highest BCUT2D eigenvalue weighted by molar-refractivity contribution is 6.70. The van der Waals surface area contributed by atoms with Crippen LogP contribution in [0.5, 0.6) is 0 Å². The van der Waals surface area contributed by atoms with E-state index in [4.69, 9.17) is 0 Å². The van der Waals surface area contributed by atoms with Gasteiger partial charge in [0.05, 0.1) is 12.6 Å². The van der Waals surface area contributed by atoms with E-state index in [0.29, 0.717) is 5.92 Å². The number of imidazole rings is 1. The Kier molecular flexibility index (Phi) is 4.37. The molecule has 0 saturated heterocycles. The average Bonchev–Trinajstić information content (AvgIpc) is 2.98. The van der Waals surface area contributed by atoms with Crippen LogP contribution in [-0.4, -0.2) is 18.1 Å². The molecule has 1 aliphatic heterocycles. The molecule has 27 heavy (non-hydrogen) atoms. The summed E-state index contributed by atoms with van der Waals surface area (Å²) >= 11 is 0. The van der Waals surface area contributed by atoms with Crippen LogP contribution in [-0.2, 0) is 7.05 Å². The fourth-order valence-corrected chi connectivity index (χ4v) is 4.58. The molecular weight excluding hydrogens is 329 g/mol. The molecule has 0 N–H and O–H groups in total. The quantitative estimate of drug-likeness (QED) is 0.652. The second kappa shape index (κ2) is 6.59. The summed E-state index contributed by atoms with van der Waals surface area (Å²) in [5.74, 6) is 1.87. The van der Waals surface area contributed by atoms with E-state index in [1.54, 1.807) is 0 Å².